The van der Waals surface area contributed by atoms with Crippen LogP contribution in [-0.2, 0) is 0 Å². The van der Waals surface area contributed by atoms with Crippen molar-refractivity contribution < 1.29 is 0 Å². The molecule has 3 heteroatoms. The minimum atomic E-state index is 0.559. The highest BCUT2D eigenvalue weighted by Crippen LogP contribution is 2.61. The molecule has 3 unspecified atom stereocenters. The number of hydrogen-bond donors (Lipinski definition) is 1. The van der Waals surface area contributed by atoms with Gasteiger partial charge in [-0.05, 0) is 62.1 Å². The Hall–Kier alpha value is -0.0500. The Labute approximate surface area is 125 Å². The molecule has 3 rings (SSSR count). The Balaban J connectivity index is 1.77. The van der Waals surface area contributed by atoms with Gasteiger partial charge in [-0.2, -0.15) is 0 Å². The minimum absolute atomic E-state index is 0.559. The second kappa shape index (κ2) is 5.75. The molecule has 0 aromatic carbocycles. The quantitative estimate of drug-likeness (QED) is 0.789. The zero-order valence-corrected chi connectivity index (χ0v) is 13.5. The molecule has 106 valence electrons. The normalized spacial score (nSPS) is 31.0. The van der Waals surface area contributed by atoms with E-state index in [0.29, 0.717) is 6.04 Å². The lowest BCUT2D eigenvalue weighted by Crippen LogP contribution is -2.24. The average Bonchev–Trinajstić information content (AvgIpc) is 3.03. The zero-order valence-electron chi connectivity index (χ0n) is 11.9. The van der Waals surface area contributed by atoms with Crippen LogP contribution < -0.4 is 5.32 Å². The average molecular weight is 298 g/mol. The van der Waals surface area contributed by atoms with E-state index in [1.165, 1.54) is 42.5 Å². The van der Waals surface area contributed by atoms with Gasteiger partial charge in [-0.15, -0.1) is 11.3 Å². The Morgan fingerprint density at radius 2 is 2.05 bits per heavy atom. The maximum Gasteiger partial charge on any atom is 0.0960 e. The monoisotopic (exact) mass is 297 g/mol. The second-order valence-corrected chi connectivity index (χ2v) is 7.91. The van der Waals surface area contributed by atoms with Gasteiger partial charge in [-0.3, -0.25) is 0 Å². The summed E-state index contributed by atoms with van der Waals surface area (Å²) in [5.41, 5.74) is 1.24. The molecule has 3 atom stereocenters. The number of fused-ring (bicyclic) bond motifs is 1. The summed E-state index contributed by atoms with van der Waals surface area (Å²) in [6, 6.07) is 2.87. The van der Waals surface area contributed by atoms with Crippen molar-refractivity contribution in [3.05, 3.63) is 20.8 Å². The third-order valence-electron chi connectivity index (χ3n) is 4.90. The predicted octanol–water partition coefficient (Wildman–Crippen LogP) is 5.19. The van der Waals surface area contributed by atoms with Crippen molar-refractivity contribution in [2.24, 2.45) is 17.8 Å². The smallest absolute Gasteiger partial charge is 0.0960 e. The SMILES string of the molecule is CCCNC(c1cc(C)c(Cl)s1)C1C2CCCCC21. The van der Waals surface area contributed by atoms with E-state index in [1.807, 2.05) is 0 Å². The fraction of sp³-hybridized carbons (Fsp3) is 0.750. The molecule has 1 nitrogen and oxygen atoms in total. The van der Waals surface area contributed by atoms with Crippen LogP contribution in [0.25, 0.3) is 0 Å². The Bertz CT molecular complexity index is 410. The second-order valence-electron chi connectivity index (χ2n) is 6.23. The van der Waals surface area contributed by atoms with Crippen molar-refractivity contribution in [1.29, 1.82) is 0 Å². The summed E-state index contributed by atoms with van der Waals surface area (Å²) >= 11 is 8.07. The fourth-order valence-electron chi connectivity index (χ4n) is 3.91. The summed E-state index contributed by atoms with van der Waals surface area (Å²) < 4.78 is 0.974. The van der Waals surface area contributed by atoms with Crippen LogP contribution in [0.1, 0.15) is 55.5 Å². The van der Waals surface area contributed by atoms with E-state index in [1.54, 1.807) is 11.3 Å². The minimum Gasteiger partial charge on any atom is -0.309 e. The van der Waals surface area contributed by atoms with Crippen LogP contribution in [0.2, 0.25) is 4.34 Å². The molecule has 1 N–H and O–H groups in total. The van der Waals surface area contributed by atoms with Crippen LogP contribution in [0.4, 0.5) is 0 Å². The Morgan fingerprint density at radius 1 is 1.37 bits per heavy atom. The standard InChI is InChI=1S/C16H24ClNS/c1-3-8-18-15(13-9-10(2)16(17)19-13)14-11-6-4-5-7-12(11)14/h9,11-12,14-15,18H,3-8H2,1-2H3. The van der Waals surface area contributed by atoms with Crippen LogP contribution in [0.5, 0.6) is 0 Å². The first kappa shape index (κ1) is 13.9. The van der Waals surface area contributed by atoms with Gasteiger partial charge in [-0.25, -0.2) is 0 Å². The molecule has 2 saturated carbocycles. The highest BCUT2D eigenvalue weighted by Gasteiger charge is 2.54. The van der Waals surface area contributed by atoms with E-state index in [9.17, 15) is 0 Å². The van der Waals surface area contributed by atoms with Crippen molar-refractivity contribution in [3.8, 4) is 0 Å². The summed E-state index contributed by atoms with van der Waals surface area (Å²) in [6.07, 6.45) is 7.01. The maximum atomic E-state index is 6.28. The lowest BCUT2D eigenvalue weighted by molar-refractivity contribution is 0.451. The molecular weight excluding hydrogens is 274 g/mol. The summed E-state index contributed by atoms with van der Waals surface area (Å²) in [5, 5.41) is 3.80. The van der Waals surface area contributed by atoms with Crippen LogP contribution in [0.15, 0.2) is 6.07 Å². The van der Waals surface area contributed by atoms with E-state index in [-0.39, 0.29) is 0 Å². The molecule has 19 heavy (non-hydrogen) atoms. The maximum absolute atomic E-state index is 6.28. The molecule has 1 aromatic rings. The largest absolute Gasteiger partial charge is 0.309 e. The number of rotatable bonds is 5. The van der Waals surface area contributed by atoms with Gasteiger partial charge in [0.05, 0.1) is 4.34 Å². The van der Waals surface area contributed by atoms with E-state index in [2.05, 4.69) is 25.2 Å². The van der Waals surface area contributed by atoms with Crippen LogP contribution in [0.3, 0.4) is 0 Å². The van der Waals surface area contributed by atoms with Crippen molar-refractivity contribution in [1.82, 2.24) is 5.32 Å². The van der Waals surface area contributed by atoms with Gasteiger partial charge in [0.15, 0.2) is 0 Å². The highest BCUT2D eigenvalue weighted by atomic mass is 35.5. The van der Waals surface area contributed by atoms with Gasteiger partial charge in [0, 0.05) is 10.9 Å². The molecule has 2 aliphatic carbocycles. The van der Waals surface area contributed by atoms with E-state index in [4.69, 9.17) is 11.6 Å². The number of thiophene rings is 1. The van der Waals surface area contributed by atoms with Crippen molar-refractivity contribution >= 4 is 22.9 Å². The summed E-state index contributed by atoms with van der Waals surface area (Å²) in [6.45, 7) is 5.49. The van der Waals surface area contributed by atoms with E-state index >= 15 is 0 Å². The van der Waals surface area contributed by atoms with Crippen molar-refractivity contribution in [2.45, 2.75) is 52.0 Å². The number of aryl methyl sites for hydroxylation is 1. The first-order valence-corrected chi connectivity index (χ1v) is 8.91. The summed E-state index contributed by atoms with van der Waals surface area (Å²) in [5.74, 6) is 2.86. The van der Waals surface area contributed by atoms with Crippen LogP contribution in [0, 0.1) is 24.7 Å². The van der Waals surface area contributed by atoms with Gasteiger partial charge in [0.1, 0.15) is 0 Å². The first-order valence-electron chi connectivity index (χ1n) is 7.71. The number of halogens is 1. The molecule has 0 saturated heterocycles. The fourth-order valence-corrected chi connectivity index (χ4v) is 5.26. The Morgan fingerprint density at radius 3 is 2.58 bits per heavy atom. The van der Waals surface area contributed by atoms with Crippen molar-refractivity contribution in [3.63, 3.8) is 0 Å². The van der Waals surface area contributed by atoms with Gasteiger partial charge in [-0.1, -0.05) is 31.4 Å². The molecule has 0 bridgehead atoms. The van der Waals surface area contributed by atoms with Gasteiger partial charge < -0.3 is 5.32 Å². The van der Waals surface area contributed by atoms with Crippen LogP contribution >= 0.6 is 22.9 Å². The topological polar surface area (TPSA) is 12.0 Å². The number of nitrogens with one attached hydrogen (secondary N) is 1. The lowest BCUT2D eigenvalue weighted by Gasteiger charge is -2.17. The Kier molecular flexibility index (Phi) is 4.21. The molecule has 0 aliphatic heterocycles. The summed E-state index contributed by atoms with van der Waals surface area (Å²) in [7, 11) is 0. The molecule has 2 fully saturated rings. The molecule has 0 amide bonds. The van der Waals surface area contributed by atoms with Crippen LogP contribution in [-0.4, -0.2) is 6.54 Å². The molecular formula is C16H24ClNS. The van der Waals surface area contributed by atoms with Gasteiger partial charge in [0.2, 0.25) is 0 Å². The van der Waals surface area contributed by atoms with Gasteiger partial charge in [0.25, 0.3) is 0 Å². The number of hydrogen-bond acceptors (Lipinski definition) is 2. The predicted molar refractivity (Wildman–Crippen MR) is 84.0 cm³/mol. The van der Waals surface area contributed by atoms with Gasteiger partial charge >= 0.3 is 0 Å². The molecule has 2 aliphatic rings. The van der Waals surface area contributed by atoms with Crippen molar-refractivity contribution in [2.75, 3.05) is 6.54 Å². The highest BCUT2D eigenvalue weighted by molar-refractivity contribution is 7.16. The molecule has 1 aromatic heterocycles. The third kappa shape index (κ3) is 2.72. The molecule has 0 radical (unpaired) electrons. The molecule has 1 heterocycles. The molecule has 0 spiro atoms. The first-order chi connectivity index (χ1) is 9.22. The zero-order chi connectivity index (χ0) is 13.4. The van der Waals surface area contributed by atoms with E-state index in [0.717, 1.165) is 28.6 Å². The third-order valence-corrected chi connectivity index (χ3v) is 6.54. The van der Waals surface area contributed by atoms with E-state index < -0.39 is 0 Å². The summed E-state index contributed by atoms with van der Waals surface area (Å²) in [4.78, 5) is 1.47. The lowest BCUT2D eigenvalue weighted by atomic mass is 10.0.